The van der Waals surface area contributed by atoms with Crippen LogP contribution in [0.3, 0.4) is 0 Å². The molecule has 1 aromatic rings. The molecule has 0 atom stereocenters. The number of alkyl halides is 1. The summed E-state index contributed by atoms with van der Waals surface area (Å²) in [6.45, 7) is 4.28. The van der Waals surface area contributed by atoms with Gasteiger partial charge in [0.2, 0.25) is 0 Å². The molecular weight excluding hydrogens is 218 g/mol. The van der Waals surface area contributed by atoms with Crippen molar-refractivity contribution in [3.63, 3.8) is 0 Å². The van der Waals surface area contributed by atoms with Gasteiger partial charge in [0.25, 0.3) is 0 Å². The summed E-state index contributed by atoms with van der Waals surface area (Å²) in [4.78, 5) is 15.5. The van der Waals surface area contributed by atoms with Gasteiger partial charge < -0.3 is 0 Å². The van der Waals surface area contributed by atoms with Gasteiger partial charge in [-0.1, -0.05) is 13.8 Å². The number of hydrogen-bond acceptors (Lipinski definition) is 3. The molecule has 0 aliphatic carbocycles. The lowest BCUT2D eigenvalue weighted by Gasteiger charge is -2.06. The normalized spacial score (nSPS) is 10.9. The van der Waals surface area contributed by atoms with Gasteiger partial charge in [0, 0.05) is 11.3 Å². The smallest absolute Gasteiger partial charge is 0.196 e. The second-order valence-electron chi connectivity index (χ2n) is 3.14. The van der Waals surface area contributed by atoms with Gasteiger partial charge in [-0.05, 0) is 12.8 Å². The van der Waals surface area contributed by atoms with Gasteiger partial charge in [-0.25, -0.2) is 4.98 Å². The number of carbonyl (C=O) groups is 1. The minimum atomic E-state index is -0.0832. The third-order valence-electron chi connectivity index (χ3n) is 2.26. The van der Waals surface area contributed by atoms with Crippen molar-refractivity contribution in [2.45, 2.75) is 32.6 Å². The van der Waals surface area contributed by atoms with Crippen LogP contribution in [0, 0.1) is 0 Å². The first-order valence-electron chi connectivity index (χ1n) is 4.77. The maximum absolute atomic E-state index is 11.2. The highest BCUT2D eigenvalue weighted by molar-refractivity contribution is 7.09. The molecule has 0 radical (unpaired) electrons. The van der Waals surface area contributed by atoms with Crippen LogP contribution in [0.2, 0.25) is 0 Å². The highest BCUT2D eigenvalue weighted by Gasteiger charge is 2.14. The molecule has 0 fully saturated rings. The maximum atomic E-state index is 11.2. The van der Waals surface area contributed by atoms with Gasteiger partial charge in [-0.3, -0.25) is 4.79 Å². The molecule has 0 unspecified atom stereocenters. The lowest BCUT2D eigenvalue weighted by atomic mass is 10.1. The van der Waals surface area contributed by atoms with Crippen LogP contribution >= 0.6 is 22.9 Å². The molecule has 14 heavy (non-hydrogen) atoms. The van der Waals surface area contributed by atoms with Crippen LogP contribution in [0.15, 0.2) is 5.38 Å². The maximum Gasteiger partial charge on any atom is 0.196 e. The minimum Gasteiger partial charge on any atom is -0.291 e. The van der Waals surface area contributed by atoms with Crippen molar-refractivity contribution in [2.75, 3.05) is 5.88 Å². The van der Waals surface area contributed by atoms with E-state index in [1.54, 1.807) is 16.7 Å². The Morgan fingerprint density at radius 1 is 1.57 bits per heavy atom. The van der Waals surface area contributed by atoms with Crippen LogP contribution in [0.5, 0.6) is 0 Å². The number of carbonyl (C=O) groups excluding carboxylic acids is 1. The Morgan fingerprint density at radius 3 is 2.71 bits per heavy atom. The molecule has 1 heterocycles. The second kappa shape index (κ2) is 5.47. The predicted octanol–water partition coefficient (Wildman–Crippen LogP) is 3.47. The second-order valence-corrected chi connectivity index (χ2v) is 4.30. The largest absolute Gasteiger partial charge is 0.291 e. The summed E-state index contributed by atoms with van der Waals surface area (Å²) in [5.41, 5.74) is 0.520. The Bertz CT molecular complexity index is 307. The molecule has 0 aromatic carbocycles. The zero-order chi connectivity index (χ0) is 10.6. The van der Waals surface area contributed by atoms with Crippen LogP contribution in [-0.2, 0) is 0 Å². The summed E-state index contributed by atoms with van der Waals surface area (Å²) in [7, 11) is 0. The number of Topliss-reactive ketones (excluding diaryl/α,β-unsaturated/α-hetero) is 1. The Morgan fingerprint density at radius 2 is 2.21 bits per heavy atom. The van der Waals surface area contributed by atoms with Gasteiger partial charge in [0.15, 0.2) is 5.78 Å². The highest BCUT2D eigenvalue weighted by Crippen LogP contribution is 2.26. The average Bonchev–Trinajstić information content (AvgIpc) is 2.68. The molecule has 1 rings (SSSR count). The Hall–Kier alpha value is -0.410. The van der Waals surface area contributed by atoms with E-state index in [0.29, 0.717) is 11.6 Å². The number of rotatable bonds is 5. The molecule has 0 bridgehead atoms. The molecule has 2 nitrogen and oxygen atoms in total. The third kappa shape index (κ3) is 2.55. The van der Waals surface area contributed by atoms with Gasteiger partial charge in [0.05, 0.1) is 10.9 Å². The van der Waals surface area contributed by atoms with Crippen LogP contribution in [0.25, 0.3) is 0 Å². The van der Waals surface area contributed by atoms with E-state index in [1.165, 1.54) is 0 Å². The Labute approximate surface area is 93.3 Å². The molecule has 0 spiro atoms. The molecule has 0 N–H and O–H groups in total. The number of hydrogen-bond donors (Lipinski definition) is 0. The summed E-state index contributed by atoms with van der Waals surface area (Å²) in [6.07, 6.45) is 2.14. The standard InChI is InChI=1S/C10H14ClNOS/c1-3-7(4-2)10-12-8(6-14-10)9(13)5-11/h6-7H,3-5H2,1-2H3. The van der Waals surface area contributed by atoms with Crippen molar-refractivity contribution in [3.05, 3.63) is 16.1 Å². The van der Waals surface area contributed by atoms with E-state index < -0.39 is 0 Å². The van der Waals surface area contributed by atoms with Crippen molar-refractivity contribution in [3.8, 4) is 0 Å². The van der Waals surface area contributed by atoms with E-state index in [4.69, 9.17) is 11.6 Å². The first-order chi connectivity index (χ1) is 6.72. The SMILES string of the molecule is CCC(CC)c1nc(C(=O)CCl)cs1. The van der Waals surface area contributed by atoms with Gasteiger partial charge in [-0.15, -0.1) is 22.9 Å². The predicted molar refractivity (Wildman–Crippen MR) is 60.5 cm³/mol. The van der Waals surface area contributed by atoms with E-state index >= 15 is 0 Å². The summed E-state index contributed by atoms with van der Waals surface area (Å²) in [5.74, 6) is 0.420. The summed E-state index contributed by atoms with van der Waals surface area (Å²) >= 11 is 7.02. The molecule has 0 aliphatic heterocycles. The molecule has 0 saturated heterocycles. The fourth-order valence-corrected chi connectivity index (χ4v) is 2.54. The zero-order valence-electron chi connectivity index (χ0n) is 8.42. The summed E-state index contributed by atoms with van der Waals surface area (Å²) in [5, 5.41) is 2.86. The minimum absolute atomic E-state index is 0.0199. The number of nitrogens with zero attached hydrogens (tertiary/aromatic N) is 1. The number of thiazole rings is 1. The monoisotopic (exact) mass is 231 g/mol. The lowest BCUT2D eigenvalue weighted by molar-refractivity contribution is 0.101. The molecule has 0 aliphatic rings. The van der Waals surface area contributed by atoms with Crippen LogP contribution in [0.4, 0.5) is 0 Å². The van der Waals surface area contributed by atoms with Crippen molar-refractivity contribution >= 4 is 28.7 Å². The Kier molecular flexibility index (Phi) is 4.55. The van der Waals surface area contributed by atoms with Crippen LogP contribution in [-0.4, -0.2) is 16.6 Å². The number of ketones is 1. The van der Waals surface area contributed by atoms with E-state index in [-0.39, 0.29) is 11.7 Å². The zero-order valence-corrected chi connectivity index (χ0v) is 9.99. The number of aromatic nitrogens is 1. The molecule has 0 amide bonds. The first kappa shape index (κ1) is 11.7. The average molecular weight is 232 g/mol. The van der Waals surface area contributed by atoms with E-state index in [1.807, 2.05) is 0 Å². The molecule has 78 valence electrons. The fourth-order valence-electron chi connectivity index (χ4n) is 1.31. The quantitative estimate of drug-likeness (QED) is 0.574. The molecule has 4 heteroatoms. The van der Waals surface area contributed by atoms with Crippen molar-refractivity contribution in [2.24, 2.45) is 0 Å². The highest BCUT2D eigenvalue weighted by atomic mass is 35.5. The van der Waals surface area contributed by atoms with Crippen LogP contribution < -0.4 is 0 Å². The van der Waals surface area contributed by atoms with E-state index in [0.717, 1.165) is 17.8 Å². The van der Waals surface area contributed by atoms with Gasteiger partial charge in [0.1, 0.15) is 5.69 Å². The van der Waals surface area contributed by atoms with Gasteiger partial charge in [-0.2, -0.15) is 0 Å². The number of halogens is 1. The molecule has 0 saturated carbocycles. The van der Waals surface area contributed by atoms with Gasteiger partial charge >= 0.3 is 0 Å². The van der Waals surface area contributed by atoms with Crippen molar-refractivity contribution < 1.29 is 4.79 Å². The first-order valence-corrected chi connectivity index (χ1v) is 6.18. The third-order valence-corrected chi connectivity index (χ3v) is 3.51. The summed E-state index contributed by atoms with van der Waals surface area (Å²) < 4.78 is 0. The van der Waals surface area contributed by atoms with E-state index in [2.05, 4.69) is 18.8 Å². The van der Waals surface area contributed by atoms with Crippen LogP contribution in [0.1, 0.15) is 48.1 Å². The summed E-state index contributed by atoms with van der Waals surface area (Å²) in [6, 6.07) is 0. The van der Waals surface area contributed by atoms with E-state index in [9.17, 15) is 4.79 Å². The lowest BCUT2D eigenvalue weighted by Crippen LogP contribution is -2.02. The Balaban J connectivity index is 2.81. The van der Waals surface area contributed by atoms with Crippen molar-refractivity contribution in [1.82, 2.24) is 4.98 Å². The topological polar surface area (TPSA) is 30.0 Å². The molecular formula is C10H14ClNOS. The fraction of sp³-hybridized carbons (Fsp3) is 0.600. The van der Waals surface area contributed by atoms with Crippen molar-refractivity contribution in [1.29, 1.82) is 0 Å². The molecule has 1 aromatic heterocycles.